The van der Waals surface area contributed by atoms with E-state index in [9.17, 15) is 4.79 Å². The largest absolute Gasteiger partial charge is 0.378 e. The molecule has 2 aromatic rings. The quantitative estimate of drug-likeness (QED) is 0.858. The van der Waals surface area contributed by atoms with Gasteiger partial charge in [0.15, 0.2) is 0 Å². The van der Waals surface area contributed by atoms with Crippen LogP contribution in [-0.2, 0) is 6.54 Å². The predicted molar refractivity (Wildman–Crippen MR) is 79.9 cm³/mol. The number of benzene rings is 1. The maximum absolute atomic E-state index is 12.3. The van der Waals surface area contributed by atoms with Crippen LogP contribution in [-0.4, -0.2) is 41.1 Å². The SMILES string of the molecule is CCN(Cc1ccc(N(C)C)cc1)C(=O)n1ccnc1. The Morgan fingerprint density at radius 2 is 1.95 bits per heavy atom. The van der Waals surface area contributed by atoms with Gasteiger partial charge in [-0.3, -0.25) is 4.57 Å². The minimum Gasteiger partial charge on any atom is -0.378 e. The fourth-order valence-corrected chi connectivity index (χ4v) is 1.97. The molecule has 0 unspecified atom stereocenters. The fraction of sp³-hybridized carbons (Fsp3) is 0.333. The molecule has 0 fully saturated rings. The molecule has 0 aliphatic rings. The monoisotopic (exact) mass is 272 g/mol. The molecule has 0 saturated carbocycles. The Morgan fingerprint density at radius 3 is 2.45 bits per heavy atom. The molecule has 0 aliphatic heterocycles. The number of carbonyl (C=O) groups excluding carboxylic acids is 1. The van der Waals surface area contributed by atoms with Crippen molar-refractivity contribution in [2.45, 2.75) is 13.5 Å². The first-order valence-corrected chi connectivity index (χ1v) is 6.65. The summed E-state index contributed by atoms with van der Waals surface area (Å²) in [5.74, 6) is 0. The number of imidazole rings is 1. The van der Waals surface area contributed by atoms with Crippen molar-refractivity contribution in [3.05, 3.63) is 48.5 Å². The highest BCUT2D eigenvalue weighted by Crippen LogP contribution is 2.14. The molecular formula is C15H20N4O. The van der Waals surface area contributed by atoms with E-state index in [-0.39, 0.29) is 6.03 Å². The molecule has 0 spiro atoms. The first-order valence-electron chi connectivity index (χ1n) is 6.65. The van der Waals surface area contributed by atoms with E-state index in [0.29, 0.717) is 13.1 Å². The molecule has 1 aromatic heterocycles. The van der Waals surface area contributed by atoms with Crippen molar-refractivity contribution in [1.82, 2.24) is 14.5 Å². The van der Waals surface area contributed by atoms with E-state index in [2.05, 4.69) is 34.1 Å². The van der Waals surface area contributed by atoms with E-state index >= 15 is 0 Å². The van der Waals surface area contributed by atoms with Crippen LogP contribution >= 0.6 is 0 Å². The van der Waals surface area contributed by atoms with Crippen LogP contribution in [0.1, 0.15) is 12.5 Å². The van der Waals surface area contributed by atoms with Crippen LogP contribution in [0.15, 0.2) is 43.0 Å². The van der Waals surface area contributed by atoms with Crippen molar-refractivity contribution in [3.8, 4) is 0 Å². The highest BCUT2D eigenvalue weighted by molar-refractivity contribution is 5.76. The van der Waals surface area contributed by atoms with Crippen molar-refractivity contribution in [2.75, 3.05) is 25.5 Å². The molecule has 106 valence electrons. The Bertz CT molecular complexity index is 546. The molecule has 0 atom stereocenters. The minimum absolute atomic E-state index is 0.0540. The molecule has 5 nitrogen and oxygen atoms in total. The topological polar surface area (TPSA) is 41.4 Å². The van der Waals surface area contributed by atoms with Gasteiger partial charge in [-0.15, -0.1) is 0 Å². The van der Waals surface area contributed by atoms with E-state index in [1.54, 1.807) is 17.3 Å². The smallest absolute Gasteiger partial charge is 0.329 e. The number of nitrogens with zero attached hydrogens (tertiary/aromatic N) is 4. The highest BCUT2D eigenvalue weighted by atomic mass is 16.2. The van der Waals surface area contributed by atoms with Gasteiger partial charge in [-0.2, -0.15) is 0 Å². The summed E-state index contributed by atoms with van der Waals surface area (Å²) in [6.45, 7) is 3.23. The third-order valence-electron chi connectivity index (χ3n) is 3.20. The van der Waals surface area contributed by atoms with Gasteiger partial charge in [0.05, 0.1) is 0 Å². The zero-order chi connectivity index (χ0) is 14.5. The number of anilines is 1. The van der Waals surface area contributed by atoms with Crippen LogP contribution in [0.25, 0.3) is 0 Å². The molecule has 0 aliphatic carbocycles. The van der Waals surface area contributed by atoms with Gasteiger partial charge < -0.3 is 9.80 Å². The van der Waals surface area contributed by atoms with Gasteiger partial charge in [0.2, 0.25) is 0 Å². The lowest BCUT2D eigenvalue weighted by molar-refractivity contribution is 0.200. The molecule has 1 heterocycles. The van der Waals surface area contributed by atoms with Gasteiger partial charge in [-0.05, 0) is 24.6 Å². The molecule has 0 bridgehead atoms. The summed E-state index contributed by atoms with van der Waals surface area (Å²) < 4.78 is 1.50. The van der Waals surface area contributed by atoms with Crippen molar-refractivity contribution < 1.29 is 4.79 Å². The van der Waals surface area contributed by atoms with Crippen LogP contribution in [0.5, 0.6) is 0 Å². The molecule has 0 radical (unpaired) electrons. The van der Waals surface area contributed by atoms with Crippen LogP contribution in [0.3, 0.4) is 0 Å². The second-order valence-electron chi connectivity index (χ2n) is 4.83. The van der Waals surface area contributed by atoms with Crippen molar-refractivity contribution in [3.63, 3.8) is 0 Å². The predicted octanol–water partition coefficient (Wildman–Crippen LogP) is 2.44. The summed E-state index contributed by atoms with van der Waals surface area (Å²) in [5.41, 5.74) is 2.27. The lowest BCUT2D eigenvalue weighted by atomic mass is 10.2. The number of amides is 1. The third kappa shape index (κ3) is 3.17. The van der Waals surface area contributed by atoms with Gasteiger partial charge >= 0.3 is 6.03 Å². The molecule has 0 N–H and O–H groups in total. The zero-order valence-corrected chi connectivity index (χ0v) is 12.2. The highest BCUT2D eigenvalue weighted by Gasteiger charge is 2.13. The zero-order valence-electron chi connectivity index (χ0n) is 12.2. The summed E-state index contributed by atoms with van der Waals surface area (Å²) in [7, 11) is 4.02. The Hall–Kier alpha value is -2.30. The number of rotatable bonds is 4. The summed E-state index contributed by atoms with van der Waals surface area (Å²) in [6.07, 6.45) is 4.80. The Kier molecular flexibility index (Phi) is 4.40. The van der Waals surface area contributed by atoms with E-state index in [0.717, 1.165) is 11.3 Å². The molecule has 5 heteroatoms. The lowest BCUT2D eigenvalue weighted by Gasteiger charge is -2.21. The summed E-state index contributed by atoms with van der Waals surface area (Å²) in [4.78, 5) is 20.0. The van der Waals surface area contributed by atoms with Crippen LogP contribution in [0.2, 0.25) is 0 Å². The first-order chi connectivity index (χ1) is 9.61. The number of carbonyl (C=O) groups is 1. The number of hydrogen-bond acceptors (Lipinski definition) is 3. The maximum Gasteiger partial charge on any atom is 0.329 e. The molecule has 0 saturated heterocycles. The van der Waals surface area contributed by atoms with Gasteiger partial charge in [0.1, 0.15) is 6.33 Å². The van der Waals surface area contributed by atoms with Crippen LogP contribution in [0, 0.1) is 0 Å². The Morgan fingerprint density at radius 1 is 1.25 bits per heavy atom. The second kappa shape index (κ2) is 6.23. The fourth-order valence-electron chi connectivity index (χ4n) is 1.97. The standard InChI is InChI=1S/C15H20N4O/c1-4-18(15(20)19-10-9-16-12-19)11-13-5-7-14(8-6-13)17(2)3/h5-10,12H,4,11H2,1-3H3. The van der Waals surface area contributed by atoms with Crippen LogP contribution in [0.4, 0.5) is 10.5 Å². The Balaban J connectivity index is 2.08. The van der Waals surface area contributed by atoms with Gasteiger partial charge in [-0.1, -0.05) is 12.1 Å². The van der Waals surface area contributed by atoms with E-state index < -0.39 is 0 Å². The lowest BCUT2D eigenvalue weighted by Crippen LogP contribution is -2.33. The van der Waals surface area contributed by atoms with E-state index in [1.807, 2.05) is 21.0 Å². The average molecular weight is 272 g/mol. The summed E-state index contributed by atoms with van der Waals surface area (Å²) >= 11 is 0. The van der Waals surface area contributed by atoms with Crippen molar-refractivity contribution in [1.29, 1.82) is 0 Å². The summed E-state index contributed by atoms with van der Waals surface area (Å²) in [5, 5.41) is 0. The molecular weight excluding hydrogens is 252 g/mol. The molecule has 2 rings (SSSR count). The van der Waals surface area contributed by atoms with Gasteiger partial charge in [0, 0.05) is 45.3 Å². The average Bonchev–Trinajstić information content (AvgIpc) is 2.98. The second-order valence-corrected chi connectivity index (χ2v) is 4.83. The number of aromatic nitrogens is 2. The molecule has 20 heavy (non-hydrogen) atoms. The molecule has 1 amide bonds. The summed E-state index contributed by atoms with van der Waals surface area (Å²) in [6, 6.07) is 8.18. The van der Waals surface area contributed by atoms with Gasteiger partial charge in [-0.25, -0.2) is 9.78 Å². The van der Waals surface area contributed by atoms with Gasteiger partial charge in [0.25, 0.3) is 0 Å². The minimum atomic E-state index is -0.0540. The number of hydrogen-bond donors (Lipinski definition) is 0. The third-order valence-corrected chi connectivity index (χ3v) is 3.20. The van der Waals surface area contributed by atoms with E-state index in [1.165, 1.54) is 10.9 Å². The van der Waals surface area contributed by atoms with E-state index in [4.69, 9.17) is 0 Å². The van der Waals surface area contributed by atoms with Crippen molar-refractivity contribution >= 4 is 11.7 Å². The first kappa shape index (κ1) is 14.1. The Labute approximate surface area is 119 Å². The van der Waals surface area contributed by atoms with Crippen molar-refractivity contribution in [2.24, 2.45) is 0 Å². The van der Waals surface area contributed by atoms with Crippen LogP contribution < -0.4 is 4.90 Å². The molecule has 1 aromatic carbocycles. The normalized spacial score (nSPS) is 10.3. The maximum atomic E-state index is 12.3.